The Morgan fingerprint density at radius 1 is 1.39 bits per heavy atom. The van der Waals surface area contributed by atoms with E-state index in [0.717, 1.165) is 43.4 Å². The number of benzene rings is 1. The lowest BCUT2D eigenvalue weighted by atomic mass is 9.93. The Labute approximate surface area is 138 Å². The Morgan fingerprint density at radius 3 is 2.74 bits per heavy atom. The maximum Gasteiger partial charge on any atom is 0.270 e. The highest BCUT2D eigenvalue weighted by atomic mass is 16.6. The van der Waals surface area contributed by atoms with Gasteiger partial charge >= 0.3 is 0 Å². The van der Waals surface area contributed by atoms with Crippen molar-refractivity contribution in [3.8, 4) is 5.75 Å². The summed E-state index contributed by atoms with van der Waals surface area (Å²) in [5, 5.41) is 14.2. The molecule has 1 heterocycles. The van der Waals surface area contributed by atoms with E-state index in [1.807, 2.05) is 14.0 Å². The average molecular weight is 321 g/mol. The molecule has 0 unspecified atom stereocenters. The lowest BCUT2D eigenvalue weighted by Crippen LogP contribution is -2.34. The van der Waals surface area contributed by atoms with Gasteiger partial charge in [-0.25, -0.2) is 0 Å². The van der Waals surface area contributed by atoms with E-state index in [0.29, 0.717) is 6.61 Å². The number of rotatable bonds is 8. The zero-order chi connectivity index (χ0) is 16.7. The Morgan fingerprint density at radius 2 is 2.13 bits per heavy atom. The molecule has 6 nitrogen and oxygen atoms in total. The molecule has 0 radical (unpaired) electrons. The van der Waals surface area contributed by atoms with Gasteiger partial charge < -0.3 is 10.1 Å². The van der Waals surface area contributed by atoms with Crippen molar-refractivity contribution in [2.24, 2.45) is 5.92 Å². The number of likely N-dealkylation sites (tertiary alicyclic amines) is 1. The molecular formula is C17H27N3O3. The van der Waals surface area contributed by atoms with E-state index in [1.54, 1.807) is 12.1 Å². The third-order valence-corrected chi connectivity index (χ3v) is 4.46. The van der Waals surface area contributed by atoms with E-state index < -0.39 is 0 Å². The molecule has 0 aromatic heterocycles. The van der Waals surface area contributed by atoms with E-state index >= 15 is 0 Å². The fourth-order valence-electron chi connectivity index (χ4n) is 3.12. The molecular weight excluding hydrogens is 294 g/mol. The first kappa shape index (κ1) is 17.7. The fraction of sp³-hybridized carbons (Fsp3) is 0.647. The van der Waals surface area contributed by atoms with E-state index in [2.05, 4.69) is 10.2 Å². The molecule has 1 aromatic carbocycles. The lowest BCUT2D eigenvalue weighted by molar-refractivity contribution is -0.385. The number of nitro benzene ring substituents is 1. The van der Waals surface area contributed by atoms with Gasteiger partial charge in [0.2, 0.25) is 0 Å². The normalized spacial score (nSPS) is 16.4. The standard InChI is InChI=1S/C17H27N3O3/c1-3-23-17-5-4-16(20(21)22)12-15(17)13-19-10-7-14(8-11-19)6-9-18-2/h4-5,12,14,18H,3,6-11,13H2,1-2H3. The number of non-ortho nitro benzene ring substituents is 1. The van der Waals surface area contributed by atoms with Crippen LogP contribution in [-0.4, -0.2) is 43.1 Å². The molecule has 0 amide bonds. The van der Waals surface area contributed by atoms with Crippen LogP contribution in [-0.2, 0) is 6.54 Å². The summed E-state index contributed by atoms with van der Waals surface area (Å²) < 4.78 is 5.63. The SMILES string of the molecule is CCOc1ccc([N+](=O)[O-])cc1CN1CCC(CCNC)CC1. The van der Waals surface area contributed by atoms with E-state index in [9.17, 15) is 10.1 Å². The second kappa shape index (κ2) is 8.84. The van der Waals surface area contributed by atoms with Crippen molar-refractivity contribution >= 4 is 5.69 Å². The summed E-state index contributed by atoms with van der Waals surface area (Å²) in [6, 6.07) is 4.88. The second-order valence-corrected chi connectivity index (χ2v) is 6.09. The highest BCUT2D eigenvalue weighted by Crippen LogP contribution is 2.28. The van der Waals surface area contributed by atoms with E-state index in [-0.39, 0.29) is 10.6 Å². The first-order valence-corrected chi connectivity index (χ1v) is 8.41. The zero-order valence-electron chi connectivity index (χ0n) is 14.1. The van der Waals surface area contributed by atoms with Gasteiger partial charge in [-0.1, -0.05) is 0 Å². The molecule has 2 rings (SSSR count). The maximum atomic E-state index is 11.0. The van der Waals surface area contributed by atoms with E-state index in [4.69, 9.17) is 4.74 Å². The van der Waals surface area contributed by atoms with Crippen molar-refractivity contribution < 1.29 is 9.66 Å². The minimum Gasteiger partial charge on any atom is -0.494 e. The van der Waals surface area contributed by atoms with Crippen LogP contribution in [0.2, 0.25) is 0 Å². The smallest absolute Gasteiger partial charge is 0.270 e. The Bertz CT molecular complexity index is 514. The van der Waals surface area contributed by atoms with Gasteiger partial charge in [-0.3, -0.25) is 15.0 Å². The van der Waals surface area contributed by atoms with Crippen LogP contribution < -0.4 is 10.1 Å². The van der Waals surface area contributed by atoms with Gasteiger partial charge in [0.25, 0.3) is 5.69 Å². The monoisotopic (exact) mass is 321 g/mol. The van der Waals surface area contributed by atoms with Crippen LogP contribution in [0.5, 0.6) is 5.75 Å². The minimum absolute atomic E-state index is 0.132. The van der Waals surface area contributed by atoms with Crippen molar-refractivity contribution in [3.63, 3.8) is 0 Å². The topological polar surface area (TPSA) is 67.6 Å². The third kappa shape index (κ3) is 5.18. The molecule has 0 atom stereocenters. The first-order chi connectivity index (χ1) is 11.1. The van der Waals surface area contributed by atoms with Crippen molar-refractivity contribution in [1.82, 2.24) is 10.2 Å². The summed E-state index contributed by atoms with van der Waals surface area (Å²) >= 11 is 0. The summed E-state index contributed by atoms with van der Waals surface area (Å²) in [5.41, 5.74) is 1.04. The average Bonchev–Trinajstić information content (AvgIpc) is 2.56. The molecule has 1 aliphatic heterocycles. The summed E-state index contributed by atoms with van der Waals surface area (Å²) in [6.45, 7) is 6.38. The first-order valence-electron chi connectivity index (χ1n) is 8.41. The van der Waals surface area contributed by atoms with Crippen LogP contribution >= 0.6 is 0 Å². The molecule has 0 bridgehead atoms. The van der Waals surface area contributed by atoms with Crippen molar-refractivity contribution in [1.29, 1.82) is 0 Å². The minimum atomic E-state index is -0.344. The molecule has 128 valence electrons. The maximum absolute atomic E-state index is 11.0. The Hall–Kier alpha value is -1.66. The van der Waals surface area contributed by atoms with Crippen LogP contribution in [0.15, 0.2) is 18.2 Å². The van der Waals surface area contributed by atoms with E-state index in [1.165, 1.54) is 25.3 Å². The molecule has 1 aromatic rings. The predicted molar refractivity (Wildman–Crippen MR) is 90.8 cm³/mol. The second-order valence-electron chi connectivity index (χ2n) is 6.09. The van der Waals surface area contributed by atoms with Crippen molar-refractivity contribution in [3.05, 3.63) is 33.9 Å². The number of hydrogen-bond donors (Lipinski definition) is 1. The summed E-state index contributed by atoms with van der Waals surface area (Å²) in [6.07, 6.45) is 3.62. The number of ether oxygens (including phenoxy) is 1. The zero-order valence-corrected chi connectivity index (χ0v) is 14.1. The summed E-state index contributed by atoms with van der Waals surface area (Å²) in [5.74, 6) is 1.55. The third-order valence-electron chi connectivity index (χ3n) is 4.46. The molecule has 23 heavy (non-hydrogen) atoms. The van der Waals surface area contributed by atoms with Gasteiger partial charge in [0.05, 0.1) is 11.5 Å². The van der Waals surface area contributed by atoms with Gasteiger partial charge in [0.15, 0.2) is 0 Å². The number of hydrogen-bond acceptors (Lipinski definition) is 5. The molecule has 1 N–H and O–H groups in total. The van der Waals surface area contributed by atoms with Crippen LogP contribution in [0.4, 0.5) is 5.69 Å². The Balaban J connectivity index is 1.99. The number of nitrogens with zero attached hydrogens (tertiary/aromatic N) is 2. The molecule has 0 aliphatic carbocycles. The highest BCUT2D eigenvalue weighted by Gasteiger charge is 2.21. The van der Waals surface area contributed by atoms with Crippen LogP contribution in [0.3, 0.4) is 0 Å². The van der Waals surface area contributed by atoms with Gasteiger partial charge in [-0.2, -0.15) is 0 Å². The predicted octanol–water partition coefficient (Wildman–Crippen LogP) is 2.82. The molecule has 1 fully saturated rings. The number of nitro groups is 1. The van der Waals surface area contributed by atoms with Crippen LogP contribution in [0.1, 0.15) is 31.7 Å². The van der Waals surface area contributed by atoms with Gasteiger partial charge in [-0.15, -0.1) is 0 Å². The number of nitrogens with one attached hydrogen (secondary N) is 1. The molecule has 1 saturated heterocycles. The van der Waals surface area contributed by atoms with Gasteiger partial charge in [0.1, 0.15) is 5.75 Å². The van der Waals surface area contributed by atoms with Crippen molar-refractivity contribution in [2.45, 2.75) is 32.7 Å². The Kier molecular flexibility index (Phi) is 6.80. The molecule has 1 aliphatic rings. The highest BCUT2D eigenvalue weighted by molar-refractivity contribution is 5.43. The molecule has 0 spiro atoms. The number of piperidine rings is 1. The fourth-order valence-corrected chi connectivity index (χ4v) is 3.12. The van der Waals surface area contributed by atoms with Crippen molar-refractivity contribution in [2.75, 3.05) is 33.3 Å². The summed E-state index contributed by atoms with van der Waals surface area (Å²) in [4.78, 5) is 13.0. The lowest BCUT2D eigenvalue weighted by Gasteiger charge is -2.32. The summed E-state index contributed by atoms with van der Waals surface area (Å²) in [7, 11) is 1.99. The molecule has 0 saturated carbocycles. The largest absolute Gasteiger partial charge is 0.494 e. The van der Waals surface area contributed by atoms with Crippen LogP contribution in [0.25, 0.3) is 0 Å². The van der Waals surface area contributed by atoms with Gasteiger partial charge in [0, 0.05) is 24.2 Å². The van der Waals surface area contributed by atoms with Crippen LogP contribution in [0, 0.1) is 16.0 Å². The van der Waals surface area contributed by atoms with Gasteiger partial charge in [-0.05, 0) is 64.9 Å². The molecule has 6 heteroatoms. The quantitative estimate of drug-likeness (QED) is 0.589.